The monoisotopic (exact) mass is 326 g/mol. The van der Waals surface area contributed by atoms with Crippen LogP contribution in [0.2, 0.25) is 0 Å². The summed E-state index contributed by atoms with van der Waals surface area (Å²) in [5, 5.41) is 0. The Morgan fingerprint density at radius 3 is 1.82 bits per heavy atom. The van der Waals surface area contributed by atoms with Crippen molar-refractivity contribution in [1.82, 2.24) is 0 Å². The molecule has 0 amide bonds. The van der Waals surface area contributed by atoms with Crippen LogP contribution in [0.5, 0.6) is 5.75 Å². The van der Waals surface area contributed by atoms with E-state index in [1.165, 1.54) is 12.1 Å². The van der Waals surface area contributed by atoms with E-state index >= 15 is 0 Å². The van der Waals surface area contributed by atoms with Crippen molar-refractivity contribution >= 4 is 16.1 Å². The van der Waals surface area contributed by atoms with Crippen LogP contribution in [-0.4, -0.2) is 18.9 Å². The number of esters is 1. The van der Waals surface area contributed by atoms with E-state index in [4.69, 9.17) is 4.74 Å². The molecule has 0 atom stereocenters. The van der Waals surface area contributed by atoms with E-state index in [9.17, 15) is 17.8 Å². The summed E-state index contributed by atoms with van der Waals surface area (Å²) in [6, 6.07) is 2.68. The van der Waals surface area contributed by atoms with Gasteiger partial charge in [0.25, 0.3) is 10.1 Å². The Labute approximate surface area is 131 Å². The molecule has 0 spiro atoms. The maximum Gasteiger partial charge on any atom is 0.338 e. The number of ether oxygens (including phenoxy) is 1. The number of hydrogen-bond acceptors (Lipinski definition) is 4. The molecular weight excluding hydrogens is 304 g/mol. The van der Waals surface area contributed by atoms with Crippen molar-refractivity contribution in [3.05, 3.63) is 35.4 Å². The molecule has 22 heavy (non-hydrogen) atoms. The minimum absolute atomic E-state index is 0.0906. The third-order valence-electron chi connectivity index (χ3n) is 3.20. The van der Waals surface area contributed by atoms with Crippen LogP contribution in [0.15, 0.2) is 29.2 Å². The molecule has 1 N–H and O–H groups in total. The van der Waals surface area contributed by atoms with Crippen molar-refractivity contribution in [2.45, 2.75) is 51.3 Å². The maximum absolute atomic E-state index is 11.9. The first kappa shape index (κ1) is 18.4. The second-order valence-corrected chi connectivity index (χ2v) is 7.31. The number of carbonyl (C=O) groups is 1. The molecule has 0 heterocycles. The molecule has 1 rings (SSSR count). The second kappa shape index (κ2) is 6.62. The van der Waals surface area contributed by atoms with Gasteiger partial charge in [0, 0.05) is 5.57 Å². The van der Waals surface area contributed by atoms with Gasteiger partial charge in [0.05, 0.1) is 4.90 Å². The lowest BCUT2D eigenvalue weighted by Crippen LogP contribution is -2.14. The standard InChI is InChI=1S/C16H22O5S/c1-9(2)13-7-12(22(18,19)20)8-14(10(3)4)15(13)21-16(17)11(5)6/h7-10H,5H2,1-4,6H3,(H,18,19,20). The van der Waals surface area contributed by atoms with E-state index in [1.807, 2.05) is 27.7 Å². The normalized spacial score (nSPS) is 11.8. The Kier molecular flexibility index (Phi) is 5.54. The zero-order valence-corrected chi connectivity index (χ0v) is 14.3. The SMILES string of the molecule is C=C(C)C(=O)Oc1c(C(C)C)cc(S(=O)(=O)O)cc1C(C)C. The van der Waals surface area contributed by atoms with Crippen molar-refractivity contribution < 1.29 is 22.5 Å². The van der Waals surface area contributed by atoms with E-state index in [2.05, 4.69) is 6.58 Å². The van der Waals surface area contributed by atoms with Gasteiger partial charge in [-0.25, -0.2) is 4.79 Å². The highest BCUT2D eigenvalue weighted by atomic mass is 32.2. The zero-order valence-electron chi connectivity index (χ0n) is 13.5. The topological polar surface area (TPSA) is 80.7 Å². The summed E-state index contributed by atoms with van der Waals surface area (Å²) in [5.74, 6) is -0.409. The number of benzene rings is 1. The summed E-state index contributed by atoms with van der Waals surface area (Å²) < 4.78 is 37.6. The Morgan fingerprint density at radius 1 is 1.14 bits per heavy atom. The van der Waals surface area contributed by atoms with E-state index in [0.29, 0.717) is 16.9 Å². The lowest BCUT2D eigenvalue weighted by Gasteiger charge is -2.20. The van der Waals surface area contributed by atoms with Gasteiger partial charge in [-0.3, -0.25) is 4.55 Å². The molecular formula is C16H22O5S. The maximum atomic E-state index is 11.9. The van der Waals surface area contributed by atoms with Crippen LogP contribution < -0.4 is 4.74 Å². The summed E-state index contributed by atoms with van der Waals surface area (Å²) >= 11 is 0. The third kappa shape index (κ3) is 4.18. The van der Waals surface area contributed by atoms with Gasteiger partial charge in [0.1, 0.15) is 5.75 Å². The van der Waals surface area contributed by atoms with Crippen molar-refractivity contribution in [3.63, 3.8) is 0 Å². The summed E-state index contributed by atoms with van der Waals surface area (Å²) in [7, 11) is -4.33. The third-order valence-corrected chi connectivity index (χ3v) is 4.04. The molecule has 122 valence electrons. The Morgan fingerprint density at radius 2 is 1.55 bits per heavy atom. The van der Waals surface area contributed by atoms with Crippen LogP contribution in [0.25, 0.3) is 0 Å². The molecule has 0 aliphatic carbocycles. The van der Waals surface area contributed by atoms with Crippen LogP contribution >= 0.6 is 0 Å². The molecule has 0 saturated carbocycles. The van der Waals surface area contributed by atoms with Crippen LogP contribution in [0.3, 0.4) is 0 Å². The first-order chi connectivity index (χ1) is 9.95. The highest BCUT2D eigenvalue weighted by Gasteiger charge is 2.23. The van der Waals surface area contributed by atoms with E-state index in [1.54, 1.807) is 6.92 Å². The van der Waals surface area contributed by atoms with Crippen molar-refractivity contribution in [3.8, 4) is 5.75 Å². The number of rotatable bonds is 5. The Balaban J connectivity index is 3.65. The molecule has 0 radical (unpaired) electrons. The molecule has 0 saturated heterocycles. The summed E-state index contributed by atoms with van der Waals surface area (Å²) in [5.41, 5.74) is 1.35. The van der Waals surface area contributed by atoms with Gasteiger partial charge >= 0.3 is 5.97 Å². The van der Waals surface area contributed by atoms with Gasteiger partial charge < -0.3 is 4.74 Å². The summed E-state index contributed by atoms with van der Waals surface area (Å²) in [6.07, 6.45) is 0. The van der Waals surface area contributed by atoms with E-state index < -0.39 is 16.1 Å². The molecule has 0 bridgehead atoms. The van der Waals surface area contributed by atoms with Gasteiger partial charge in [0.2, 0.25) is 0 Å². The summed E-state index contributed by atoms with van der Waals surface area (Å²) in [6.45, 7) is 12.5. The van der Waals surface area contributed by atoms with E-state index in [0.717, 1.165) is 0 Å². The molecule has 1 aromatic carbocycles. The molecule has 0 fully saturated rings. The fourth-order valence-electron chi connectivity index (χ4n) is 1.95. The van der Waals surface area contributed by atoms with Crippen molar-refractivity contribution in [2.75, 3.05) is 0 Å². The second-order valence-electron chi connectivity index (χ2n) is 5.89. The van der Waals surface area contributed by atoms with Gasteiger partial charge in [-0.15, -0.1) is 0 Å². The lowest BCUT2D eigenvalue weighted by molar-refractivity contribution is -0.130. The highest BCUT2D eigenvalue weighted by molar-refractivity contribution is 7.85. The van der Waals surface area contributed by atoms with Crippen molar-refractivity contribution in [2.24, 2.45) is 0 Å². The lowest BCUT2D eigenvalue weighted by atomic mass is 9.94. The fraction of sp³-hybridized carbons (Fsp3) is 0.438. The van der Waals surface area contributed by atoms with Gasteiger partial charge in [-0.1, -0.05) is 34.3 Å². The molecule has 6 heteroatoms. The first-order valence-electron chi connectivity index (χ1n) is 6.98. The fourth-order valence-corrected chi connectivity index (χ4v) is 2.50. The Hall–Kier alpha value is -1.66. The number of hydrogen-bond donors (Lipinski definition) is 1. The average molecular weight is 326 g/mol. The first-order valence-corrected chi connectivity index (χ1v) is 8.42. The predicted molar refractivity (Wildman–Crippen MR) is 84.9 cm³/mol. The largest absolute Gasteiger partial charge is 0.423 e. The van der Waals surface area contributed by atoms with Gasteiger partial charge in [0.15, 0.2) is 0 Å². The Bertz CT molecular complexity index is 670. The van der Waals surface area contributed by atoms with Crippen LogP contribution in [0.4, 0.5) is 0 Å². The van der Waals surface area contributed by atoms with Gasteiger partial charge in [-0.2, -0.15) is 8.42 Å². The molecule has 0 aliphatic heterocycles. The van der Waals surface area contributed by atoms with Crippen LogP contribution in [0, 0.1) is 0 Å². The molecule has 0 unspecified atom stereocenters. The van der Waals surface area contributed by atoms with Crippen LogP contribution in [0.1, 0.15) is 57.6 Å². The van der Waals surface area contributed by atoms with Crippen molar-refractivity contribution in [1.29, 1.82) is 0 Å². The average Bonchev–Trinajstić information content (AvgIpc) is 2.36. The smallest absolute Gasteiger partial charge is 0.338 e. The molecule has 0 aromatic heterocycles. The van der Waals surface area contributed by atoms with E-state index in [-0.39, 0.29) is 22.3 Å². The van der Waals surface area contributed by atoms with Gasteiger partial charge in [-0.05, 0) is 42.0 Å². The van der Waals surface area contributed by atoms with Crippen LogP contribution in [-0.2, 0) is 14.9 Å². The molecule has 1 aromatic rings. The highest BCUT2D eigenvalue weighted by Crippen LogP contribution is 2.37. The molecule has 0 aliphatic rings. The minimum Gasteiger partial charge on any atom is -0.423 e. The predicted octanol–water partition coefficient (Wildman–Crippen LogP) is 3.66. The number of carbonyl (C=O) groups excluding carboxylic acids is 1. The molecule has 5 nitrogen and oxygen atoms in total. The minimum atomic E-state index is -4.33. The quantitative estimate of drug-likeness (QED) is 0.386. The summed E-state index contributed by atoms with van der Waals surface area (Å²) in [4.78, 5) is 11.7. The zero-order chi connectivity index (χ0) is 17.2.